The Balaban J connectivity index is 1.88. The van der Waals surface area contributed by atoms with Crippen LogP contribution in [0.25, 0.3) is 0 Å². The van der Waals surface area contributed by atoms with Gasteiger partial charge in [-0.2, -0.15) is 0 Å². The number of aliphatic hydroxyl groups is 2. The number of nitrogens with zero attached hydrogens (tertiary/aromatic N) is 1. The first-order chi connectivity index (χ1) is 11.6. The summed E-state index contributed by atoms with van der Waals surface area (Å²) in [6.45, 7) is 6.04. The van der Waals surface area contributed by atoms with Gasteiger partial charge in [-0.15, -0.1) is 0 Å². The summed E-state index contributed by atoms with van der Waals surface area (Å²) in [5, 5.41) is 19.5. The van der Waals surface area contributed by atoms with Gasteiger partial charge in [0.2, 0.25) is 0 Å². The minimum absolute atomic E-state index is 0.0669. The number of hydrogen-bond donors (Lipinski definition) is 2. The molecular formula is C20H27NO3. The second-order valence-corrected chi connectivity index (χ2v) is 6.11. The van der Waals surface area contributed by atoms with E-state index in [0.29, 0.717) is 19.6 Å². The summed E-state index contributed by atoms with van der Waals surface area (Å²) in [5.41, 5.74) is 3.43. The number of hydrogen-bond acceptors (Lipinski definition) is 4. The molecule has 1 atom stereocenters. The first-order valence-electron chi connectivity index (χ1n) is 8.34. The minimum Gasteiger partial charge on any atom is -0.491 e. The van der Waals surface area contributed by atoms with Gasteiger partial charge in [0, 0.05) is 19.6 Å². The van der Waals surface area contributed by atoms with Crippen molar-refractivity contribution in [2.24, 2.45) is 0 Å². The van der Waals surface area contributed by atoms with E-state index in [2.05, 4.69) is 0 Å². The molecule has 0 radical (unpaired) electrons. The molecule has 0 bridgehead atoms. The van der Waals surface area contributed by atoms with Gasteiger partial charge >= 0.3 is 0 Å². The fourth-order valence-corrected chi connectivity index (χ4v) is 2.64. The Morgan fingerprint density at radius 2 is 1.79 bits per heavy atom. The molecule has 0 aliphatic heterocycles. The van der Waals surface area contributed by atoms with Crippen LogP contribution in [-0.4, -0.2) is 47.5 Å². The highest BCUT2D eigenvalue weighted by Gasteiger charge is 2.13. The highest BCUT2D eigenvalue weighted by Crippen LogP contribution is 2.20. The zero-order valence-corrected chi connectivity index (χ0v) is 14.5. The largest absolute Gasteiger partial charge is 0.491 e. The molecule has 0 aromatic heterocycles. The monoisotopic (exact) mass is 329 g/mol. The molecule has 130 valence electrons. The Morgan fingerprint density at radius 3 is 2.50 bits per heavy atom. The quantitative estimate of drug-likeness (QED) is 0.742. The molecular weight excluding hydrogens is 302 g/mol. The number of ether oxygens (including phenoxy) is 1. The standard InChI is InChI=1S/C20H27NO3/c1-16-7-6-10-20(17(16)2)24-15-19(23)14-21(11-12-22)13-18-8-4-3-5-9-18/h3-10,19,22-23H,11-15H2,1-2H3/t19-/m0/s1. The summed E-state index contributed by atoms with van der Waals surface area (Å²) in [4.78, 5) is 2.03. The van der Waals surface area contributed by atoms with Gasteiger partial charge < -0.3 is 14.9 Å². The van der Waals surface area contributed by atoms with E-state index < -0.39 is 6.10 Å². The van der Waals surface area contributed by atoms with Crippen molar-refractivity contribution in [3.63, 3.8) is 0 Å². The Hall–Kier alpha value is -1.88. The van der Waals surface area contributed by atoms with E-state index in [4.69, 9.17) is 4.74 Å². The van der Waals surface area contributed by atoms with Crippen LogP contribution < -0.4 is 4.74 Å². The highest BCUT2D eigenvalue weighted by molar-refractivity contribution is 5.38. The second-order valence-electron chi connectivity index (χ2n) is 6.11. The van der Waals surface area contributed by atoms with E-state index in [1.54, 1.807) is 0 Å². The van der Waals surface area contributed by atoms with Crippen LogP contribution in [0.3, 0.4) is 0 Å². The van der Waals surface area contributed by atoms with Gasteiger partial charge in [0.1, 0.15) is 18.5 Å². The van der Waals surface area contributed by atoms with Gasteiger partial charge in [-0.25, -0.2) is 0 Å². The van der Waals surface area contributed by atoms with Gasteiger partial charge in [0.15, 0.2) is 0 Å². The molecule has 0 amide bonds. The third-order valence-electron chi connectivity index (χ3n) is 4.12. The summed E-state index contributed by atoms with van der Waals surface area (Å²) in [7, 11) is 0. The van der Waals surface area contributed by atoms with Crippen molar-refractivity contribution in [3.8, 4) is 5.75 Å². The fourth-order valence-electron chi connectivity index (χ4n) is 2.64. The second kappa shape index (κ2) is 9.42. The van der Waals surface area contributed by atoms with Crippen molar-refractivity contribution in [2.45, 2.75) is 26.5 Å². The fraction of sp³-hybridized carbons (Fsp3) is 0.400. The van der Waals surface area contributed by atoms with Gasteiger partial charge in [0.25, 0.3) is 0 Å². The molecule has 2 N–H and O–H groups in total. The van der Waals surface area contributed by atoms with Crippen molar-refractivity contribution in [3.05, 3.63) is 65.2 Å². The molecule has 0 aliphatic rings. The van der Waals surface area contributed by atoms with Gasteiger partial charge in [-0.1, -0.05) is 42.5 Å². The molecule has 0 spiro atoms. The Labute approximate surface area is 144 Å². The van der Waals surface area contributed by atoms with E-state index in [1.165, 1.54) is 5.56 Å². The lowest BCUT2D eigenvalue weighted by Crippen LogP contribution is -2.37. The molecule has 0 saturated heterocycles. The lowest BCUT2D eigenvalue weighted by molar-refractivity contribution is 0.0588. The molecule has 0 unspecified atom stereocenters. The van der Waals surface area contributed by atoms with Crippen molar-refractivity contribution in [1.82, 2.24) is 4.90 Å². The summed E-state index contributed by atoms with van der Waals surface area (Å²) >= 11 is 0. The van der Waals surface area contributed by atoms with Gasteiger partial charge in [-0.3, -0.25) is 4.90 Å². The van der Waals surface area contributed by atoms with Gasteiger partial charge in [0.05, 0.1) is 6.61 Å². The summed E-state index contributed by atoms with van der Waals surface area (Å²) < 4.78 is 5.77. The van der Waals surface area contributed by atoms with Crippen LogP contribution in [0.1, 0.15) is 16.7 Å². The molecule has 0 saturated carbocycles. The third kappa shape index (κ3) is 5.64. The third-order valence-corrected chi connectivity index (χ3v) is 4.12. The maximum atomic E-state index is 10.3. The van der Waals surface area contributed by atoms with Crippen molar-refractivity contribution in [1.29, 1.82) is 0 Å². The molecule has 2 aromatic carbocycles. The van der Waals surface area contributed by atoms with Crippen molar-refractivity contribution >= 4 is 0 Å². The van der Waals surface area contributed by atoms with Gasteiger partial charge in [-0.05, 0) is 36.6 Å². The predicted molar refractivity (Wildman–Crippen MR) is 96.2 cm³/mol. The van der Waals surface area contributed by atoms with Crippen LogP contribution in [-0.2, 0) is 6.54 Å². The van der Waals surface area contributed by atoms with E-state index in [0.717, 1.165) is 16.9 Å². The number of benzene rings is 2. The zero-order chi connectivity index (χ0) is 17.4. The lowest BCUT2D eigenvalue weighted by Gasteiger charge is -2.24. The average molecular weight is 329 g/mol. The Kier molecular flexibility index (Phi) is 7.25. The minimum atomic E-state index is -0.611. The predicted octanol–water partition coefficient (Wildman–Crippen LogP) is 2.54. The van der Waals surface area contributed by atoms with Crippen LogP contribution in [0.2, 0.25) is 0 Å². The van der Waals surface area contributed by atoms with Crippen LogP contribution in [0.4, 0.5) is 0 Å². The van der Waals surface area contributed by atoms with E-state index in [9.17, 15) is 10.2 Å². The number of aryl methyl sites for hydroxylation is 1. The van der Waals surface area contributed by atoms with Crippen LogP contribution >= 0.6 is 0 Å². The van der Waals surface area contributed by atoms with Crippen molar-refractivity contribution in [2.75, 3.05) is 26.3 Å². The topological polar surface area (TPSA) is 52.9 Å². The zero-order valence-electron chi connectivity index (χ0n) is 14.5. The molecule has 0 fully saturated rings. The Morgan fingerprint density at radius 1 is 1.04 bits per heavy atom. The van der Waals surface area contributed by atoms with Crippen LogP contribution in [0.5, 0.6) is 5.75 Å². The smallest absolute Gasteiger partial charge is 0.122 e. The van der Waals surface area contributed by atoms with E-state index >= 15 is 0 Å². The van der Waals surface area contributed by atoms with Crippen molar-refractivity contribution < 1.29 is 14.9 Å². The Bertz CT molecular complexity index is 616. The van der Waals surface area contributed by atoms with E-state index in [1.807, 2.05) is 67.3 Å². The number of aliphatic hydroxyl groups excluding tert-OH is 2. The number of rotatable bonds is 9. The lowest BCUT2D eigenvalue weighted by atomic mass is 10.1. The first kappa shape index (κ1) is 18.5. The summed E-state index contributed by atoms with van der Waals surface area (Å²) in [5.74, 6) is 0.811. The maximum absolute atomic E-state index is 10.3. The normalized spacial score (nSPS) is 12.4. The molecule has 4 heteroatoms. The summed E-state index contributed by atoms with van der Waals surface area (Å²) in [6.07, 6.45) is -0.611. The average Bonchev–Trinajstić information content (AvgIpc) is 2.57. The molecule has 4 nitrogen and oxygen atoms in total. The maximum Gasteiger partial charge on any atom is 0.122 e. The SMILES string of the molecule is Cc1cccc(OC[C@@H](O)CN(CCO)Cc2ccccc2)c1C. The molecule has 2 aromatic rings. The van der Waals surface area contributed by atoms with Crippen LogP contribution in [0, 0.1) is 13.8 Å². The first-order valence-corrected chi connectivity index (χ1v) is 8.34. The van der Waals surface area contributed by atoms with Crippen LogP contribution in [0.15, 0.2) is 48.5 Å². The molecule has 0 heterocycles. The highest BCUT2D eigenvalue weighted by atomic mass is 16.5. The summed E-state index contributed by atoms with van der Waals surface area (Å²) in [6, 6.07) is 16.0. The van der Waals surface area contributed by atoms with E-state index in [-0.39, 0.29) is 13.2 Å². The molecule has 24 heavy (non-hydrogen) atoms. The molecule has 0 aliphatic carbocycles. The molecule has 2 rings (SSSR count).